The number of carbonyl (C=O) groups is 2. The lowest BCUT2D eigenvalue weighted by molar-refractivity contribution is -0.141. The van der Waals surface area contributed by atoms with Crippen LogP contribution in [0, 0.1) is 11.6 Å². The van der Waals surface area contributed by atoms with E-state index in [2.05, 4.69) is 5.32 Å². The standard InChI is InChI=1S/C28H37F2N3O5S/c1-4-26(28(35)31-21-8-5-6-9-21)32(19-20-11-14-23(38-2)15-12-20)27(34)10-7-17-33(39(3,36)37)22-13-16-24(29)25(30)18-22/h11-16,18,21,26H,4-10,17,19H2,1-3H3,(H,31,35). The molecular formula is C28H37F2N3O5S. The molecule has 39 heavy (non-hydrogen) atoms. The number of halogens is 2. The van der Waals surface area contributed by atoms with Gasteiger partial charge in [-0.15, -0.1) is 0 Å². The Morgan fingerprint density at radius 2 is 1.74 bits per heavy atom. The highest BCUT2D eigenvalue weighted by molar-refractivity contribution is 7.92. The molecule has 3 rings (SSSR count). The second-order valence-electron chi connectivity index (χ2n) is 9.82. The van der Waals surface area contributed by atoms with E-state index in [9.17, 15) is 26.8 Å². The lowest BCUT2D eigenvalue weighted by atomic mass is 10.1. The van der Waals surface area contributed by atoms with Crippen LogP contribution in [0.15, 0.2) is 42.5 Å². The van der Waals surface area contributed by atoms with Crippen molar-refractivity contribution in [1.82, 2.24) is 10.2 Å². The Morgan fingerprint density at radius 1 is 1.08 bits per heavy atom. The summed E-state index contributed by atoms with van der Waals surface area (Å²) in [5, 5.41) is 3.09. The van der Waals surface area contributed by atoms with E-state index in [4.69, 9.17) is 4.74 Å². The number of rotatable bonds is 13. The van der Waals surface area contributed by atoms with E-state index in [1.165, 1.54) is 11.0 Å². The molecule has 1 aliphatic carbocycles. The van der Waals surface area contributed by atoms with E-state index in [0.717, 1.165) is 53.9 Å². The molecule has 1 N–H and O–H groups in total. The minimum absolute atomic E-state index is 0.0266. The third-order valence-electron chi connectivity index (χ3n) is 6.94. The van der Waals surface area contributed by atoms with Crippen LogP contribution >= 0.6 is 0 Å². The van der Waals surface area contributed by atoms with Crippen LogP contribution in [0.1, 0.15) is 57.4 Å². The predicted molar refractivity (Wildman–Crippen MR) is 146 cm³/mol. The summed E-state index contributed by atoms with van der Waals surface area (Å²) in [4.78, 5) is 28.3. The van der Waals surface area contributed by atoms with Gasteiger partial charge >= 0.3 is 0 Å². The lowest BCUT2D eigenvalue weighted by Gasteiger charge is -2.32. The molecule has 2 amide bonds. The van der Waals surface area contributed by atoms with E-state index in [0.29, 0.717) is 12.2 Å². The van der Waals surface area contributed by atoms with E-state index in [-0.39, 0.29) is 49.5 Å². The van der Waals surface area contributed by atoms with Crippen LogP contribution < -0.4 is 14.4 Å². The number of nitrogens with one attached hydrogen (secondary N) is 1. The van der Waals surface area contributed by atoms with Crippen LogP contribution in [0.3, 0.4) is 0 Å². The Labute approximate surface area is 229 Å². The molecule has 2 aromatic rings. The van der Waals surface area contributed by atoms with E-state index >= 15 is 0 Å². The Kier molecular flexibility index (Phi) is 10.7. The quantitative estimate of drug-likeness (QED) is 0.389. The predicted octanol–water partition coefficient (Wildman–Crippen LogP) is 4.39. The maximum Gasteiger partial charge on any atom is 0.243 e. The van der Waals surface area contributed by atoms with Gasteiger partial charge in [0, 0.05) is 31.6 Å². The third kappa shape index (κ3) is 8.39. The van der Waals surface area contributed by atoms with E-state index < -0.39 is 27.7 Å². The SMILES string of the molecule is CCC(C(=O)NC1CCCC1)N(Cc1ccc(OC)cc1)C(=O)CCCN(c1ccc(F)c(F)c1)S(C)(=O)=O. The maximum atomic E-state index is 13.8. The highest BCUT2D eigenvalue weighted by Crippen LogP contribution is 2.23. The Morgan fingerprint density at radius 3 is 2.31 bits per heavy atom. The third-order valence-corrected chi connectivity index (χ3v) is 8.14. The molecule has 1 aliphatic rings. The van der Waals surface area contributed by atoms with E-state index in [1.807, 2.05) is 19.1 Å². The van der Waals surface area contributed by atoms with E-state index in [1.54, 1.807) is 19.2 Å². The first kappa shape index (κ1) is 30.3. The number of benzene rings is 2. The zero-order valence-corrected chi connectivity index (χ0v) is 23.5. The van der Waals surface area contributed by atoms with Gasteiger partial charge in [0.1, 0.15) is 11.8 Å². The van der Waals surface area contributed by atoms with Gasteiger partial charge in [0.05, 0.1) is 19.1 Å². The zero-order valence-electron chi connectivity index (χ0n) is 22.7. The number of hydrogen-bond acceptors (Lipinski definition) is 5. The Bertz CT molecular complexity index is 1230. The molecule has 2 aromatic carbocycles. The van der Waals surface area contributed by atoms with Gasteiger partial charge < -0.3 is 15.0 Å². The number of nitrogens with zero attached hydrogens (tertiary/aromatic N) is 2. The molecule has 1 atom stereocenters. The number of carbonyl (C=O) groups excluding carboxylic acids is 2. The van der Waals surface area contributed by atoms with Crippen molar-refractivity contribution in [2.45, 2.75) is 70.5 Å². The van der Waals surface area contributed by atoms with Crippen LogP contribution in [0.5, 0.6) is 5.75 Å². The number of hydrogen-bond donors (Lipinski definition) is 1. The zero-order chi connectivity index (χ0) is 28.6. The number of ether oxygens (including phenoxy) is 1. The average Bonchev–Trinajstić information content (AvgIpc) is 3.40. The molecule has 0 aliphatic heterocycles. The van der Waals surface area contributed by atoms with Crippen LogP contribution in [0.25, 0.3) is 0 Å². The first-order valence-corrected chi connectivity index (χ1v) is 15.0. The molecule has 0 radical (unpaired) electrons. The molecule has 0 bridgehead atoms. The topological polar surface area (TPSA) is 96.0 Å². The second kappa shape index (κ2) is 13.7. The van der Waals surface area contributed by atoms with Gasteiger partial charge in [0.15, 0.2) is 11.6 Å². The minimum Gasteiger partial charge on any atom is -0.497 e. The summed E-state index contributed by atoms with van der Waals surface area (Å²) in [6, 6.07) is 9.48. The lowest BCUT2D eigenvalue weighted by Crippen LogP contribution is -2.51. The highest BCUT2D eigenvalue weighted by atomic mass is 32.2. The molecule has 11 heteroatoms. The molecule has 1 fully saturated rings. The molecule has 1 saturated carbocycles. The fraction of sp³-hybridized carbons (Fsp3) is 0.500. The van der Waals surface area contributed by atoms with Crippen LogP contribution in [-0.4, -0.2) is 57.1 Å². The normalized spacial score (nSPS) is 14.6. The summed E-state index contributed by atoms with van der Waals surface area (Å²) in [6.45, 7) is 1.93. The van der Waals surface area contributed by atoms with Gasteiger partial charge in [0.25, 0.3) is 0 Å². The highest BCUT2D eigenvalue weighted by Gasteiger charge is 2.30. The largest absolute Gasteiger partial charge is 0.497 e. The number of amides is 2. The van der Waals surface area contributed by atoms with Crippen molar-refractivity contribution < 1.29 is 31.5 Å². The minimum atomic E-state index is -3.83. The molecule has 214 valence electrons. The van der Waals surface area contributed by atoms with Crippen LogP contribution in [0.4, 0.5) is 14.5 Å². The molecule has 0 spiro atoms. The molecule has 0 aromatic heterocycles. The number of anilines is 1. The van der Waals surface area contributed by atoms with Crippen molar-refractivity contribution in [3.63, 3.8) is 0 Å². The first-order valence-electron chi connectivity index (χ1n) is 13.2. The smallest absolute Gasteiger partial charge is 0.243 e. The van der Waals surface area contributed by atoms with Crippen LogP contribution in [0.2, 0.25) is 0 Å². The van der Waals surface area contributed by atoms with Crippen molar-refractivity contribution >= 4 is 27.5 Å². The van der Waals surface area contributed by atoms with Crippen molar-refractivity contribution in [1.29, 1.82) is 0 Å². The fourth-order valence-corrected chi connectivity index (χ4v) is 5.82. The van der Waals surface area contributed by atoms with Crippen LogP contribution in [-0.2, 0) is 26.2 Å². The summed E-state index contributed by atoms with van der Waals surface area (Å²) >= 11 is 0. The van der Waals surface area contributed by atoms with Gasteiger partial charge in [-0.25, -0.2) is 17.2 Å². The number of methoxy groups -OCH3 is 1. The molecule has 0 heterocycles. The van der Waals surface area contributed by atoms with Crippen molar-refractivity contribution in [2.75, 3.05) is 24.2 Å². The van der Waals surface area contributed by atoms with Crippen molar-refractivity contribution in [2.24, 2.45) is 0 Å². The summed E-state index contributed by atoms with van der Waals surface area (Å²) in [5.41, 5.74) is 0.789. The molecule has 8 nitrogen and oxygen atoms in total. The molecule has 0 saturated heterocycles. The van der Waals surface area contributed by atoms with Gasteiger partial charge in [-0.2, -0.15) is 0 Å². The number of sulfonamides is 1. The maximum absolute atomic E-state index is 13.8. The summed E-state index contributed by atoms with van der Waals surface area (Å²) in [6.07, 6.45) is 5.40. The molecule has 1 unspecified atom stereocenters. The Hall–Kier alpha value is -3.21. The van der Waals surface area contributed by atoms with Crippen molar-refractivity contribution in [3.05, 3.63) is 59.7 Å². The summed E-state index contributed by atoms with van der Waals surface area (Å²) in [5.74, 6) is -2.09. The van der Waals surface area contributed by atoms with Gasteiger partial charge in [-0.05, 0) is 55.5 Å². The monoisotopic (exact) mass is 565 g/mol. The van der Waals surface area contributed by atoms with Gasteiger partial charge in [0.2, 0.25) is 21.8 Å². The van der Waals surface area contributed by atoms with Crippen molar-refractivity contribution in [3.8, 4) is 5.75 Å². The van der Waals surface area contributed by atoms with Gasteiger partial charge in [-0.1, -0.05) is 31.9 Å². The second-order valence-corrected chi connectivity index (χ2v) is 11.7. The first-order chi connectivity index (χ1) is 18.5. The summed E-state index contributed by atoms with van der Waals surface area (Å²) < 4.78 is 58.1. The average molecular weight is 566 g/mol. The Balaban J connectivity index is 1.77. The van der Waals surface area contributed by atoms with Gasteiger partial charge in [-0.3, -0.25) is 13.9 Å². The molecular weight excluding hydrogens is 528 g/mol. The summed E-state index contributed by atoms with van der Waals surface area (Å²) in [7, 11) is -2.26. The fourth-order valence-electron chi connectivity index (χ4n) is 4.86.